The lowest BCUT2D eigenvalue weighted by Gasteiger charge is -2.16. The number of carbonyl (C=O) groups is 1. The van der Waals surface area contributed by atoms with Crippen LogP contribution in [0.15, 0.2) is 65.6 Å². The molecule has 2 aromatic carbocycles. The van der Waals surface area contributed by atoms with Gasteiger partial charge in [0.25, 0.3) is 0 Å². The predicted octanol–water partition coefficient (Wildman–Crippen LogP) is 4.07. The van der Waals surface area contributed by atoms with Crippen LogP contribution in [-0.2, 0) is 11.3 Å². The van der Waals surface area contributed by atoms with Crippen molar-refractivity contribution >= 4 is 17.7 Å². The summed E-state index contributed by atoms with van der Waals surface area (Å²) in [5.41, 5.74) is 1.21. The van der Waals surface area contributed by atoms with Crippen molar-refractivity contribution < 1.29 is 4.79 Å². The first-order valence-corrected chi connectivity index (χ1v) is 8.73. The van der Waals surface area contributed by atoms with E-state index < -0.39 is 0 Å². The summed E-state index contributed by atoms with van der Waals surface area (Å²) >= 11 is 1.79. The second-order valence-corrected chi connectivity index (χ2v) is 7.01. The van der Waals surface area contributed by atoms with Crippen molar-refractivity contribution in [1.82, 2.24) is 4.90 Å². The van der Waals surface area contributed by atoms with Gasteiger partial charge in [-0.1, -0.05) is 55.5 Å². The molecule has 0 aliphatic carbocycles. The highest BCUT2D eigenvalue weighted by Gasteiger charge is 2.37. The maximum Gasteiger partial charge on any atom is 0.227 e. The Balaban J connectivity index is 1.60. The molecule has 0 saturated carbocycles. The molecule has 3 heteroatoms. The maximum absolute atomic E-state index is 12.7. The SMILES string of the molecule is C[C@@H]1CN(Cc2ccccc2)C(=O)[C@H]1CSc1ccccc1. The predicted molar refractivity (Wildman–Crippen MR) is 91.7 cm³/mol. The van der Waals surface area contributed by atoms with Gasteiger partial charge in [0.05, 0.1) is 5.92 Å². The normalized spacial score (nSPS) is 21.3. The minimum atomic E-state index is 0.133. The van der Waals surface area contributed by atoms with Crippen LogP contribution in [-0.4, -0.2) is 23.1 Å². The van der Waals surface area contributed by atoms with Gasteiger partial charge >= 0.3 is 0 Å². The molecule has 0 radical (unpaired) electrons. The molecule has 1 fully saturated rings. The first-order chi connectivity index (χ1) is 10.7. The highest BCUT2D eigenvalue weighted by molar-refractivity contribution is 7.99. The average molecular weight is 311 g/mol. The third-order valence-electron chi connectivity index (χ3n) is 4.21. The standard InChI is InChI=1S/C19H21NOS/c1-15-12-20(13-16-8-4-2-5-9-16)19(21)18(15)14-22-17-10-6-3-7-11-17/h2-11,15,18H,12-14H2,1H3/t15-,18+/m1/s1. The Labute approximate surface area is 136 Å². The topological polar surface area (TPSA) is 20.3 Å². The first kappa shape index (κ1) is 15.2. The molecule has 1 saturated heterocycles. The molecular weight excluding hydrogens is 290 g/mol. The number of likely N-dealkylation sites (tertiary alicyclic amines) is 1. The zero-order chi connectivity index (χ0) is 15.4. The molecule has 0 aromatic heterocycles. The molecular formula is C19H21NOS. The number of rotatable bonds is 5. The fraction of sp³-hybridized carbons (Fsp3) is 0.316. The molecule has 1 aliphatic heterocycles. The molecule has 114 valence electrons. The van der Waals surface area contributed by atoms with Crippen molar-refractivity contribution in [2.45, 2.75) is 18.4 Å². The van der Waals surface area contributed by atoms with Crippen LogP contribution in [0.1, 0.15) is 12.5 Å². The lowest BCUT2D eigenvalue weighted by atomic mass is 10.0. The second kappa shape index (κ2) is 7.01. The van der Waals surface area contributed by atoms with Crippen molar-refractivity contribution in [2.75, 3.05) is 12.3 Å². The summed E-state index contributed by atoms with van der Waals surface area (Å²) in [4.78, 5) is 15.9. The summed E-state index contributed by atoms with van der Waals surface area (Å²) in [6, 6.07) is 20.6. The van der Waals surface area contributed by atoms with Crippen molar-refractivity contribution in [1.29, 1.82) is 0 Å². The van der Waals surface area contributed by atoms with Crippen molar-refractivity contribution in [3.8, 4) is 0 Å². The Morgan fingerprint density at radius 3 is 2.36 bits per heavy atom. The number of thioether (sulfide) groups is 1. The lowest BCUT2D eigenvalue weighted by molar-refractivity contribution is -0.131. The Kier molecular flexibility index (Phi) is 4.84. The van der Waals surface area contributed by atoms with Crippen LogP contribution in [0, 0.1) is 11.8 Å². The highest BCUT2D eigenvalue weighted by atomic mass is 32.2. The van der Waals surface area contributed by atoms with E-state index in [0.29, 0.717) is 11.8 Å². The van der Waals surface area contributed by atoms with Crippen LogP contribution in [0.3, 0.4) is 0 Å². The summed E-state index contributed by atoms with van der Waals surface area (Å²) in [5, 5.41) is 0. The van der Waals surface area contributed by atoms with Gasteiger partial charge in [0, 0.05) is 23.7 Å². The van der Waals surface area contributed by atoms with Crippen LogP contribution in [0.4, 0.5) is 0 Å². The average Bonchev–Trinajstić information content (AvgIpc) is 2.81. The molecule has 0 unspecified atom stereocenters. The fourth-order valence-electron chi connectivity index (χ4n) is 2.93. The number of amides is 1. The van der Waals surface area contributed by atoms with E-state index in [2.05, 4.69) is 31.2 Å². The molecule has 22 heavy (non-hydrogen) atoms. The fourth-order valence-corrected chi connectivity index (χ4v) is 4.12. The van der Waals surface area contributed by atoms with Crippen LogP contribution < -0.4 is 0 Å². The van der Waals surface area contributed by atoms with Gasteiger partial charge < -0.3 is 4.90 Å². The van der Waals surface area contributed by atoms with E-state index in [1.165, 1.54) is 10.5 Å². The molecule has 0 bridgehead atoms. The Morgan fingerprint density at radius 2 is 1.68 bits per heavy atom. The highest BCUT2D eigenvalue weighted by Crippen LogP contribution is 2.31. The van der Waals surface area contributed by atoms with Gasteiger partial charge in [-0.3, -0.25) is 4.79 Å². The van der Waals surface area contributed by atoms with Crippen molar-refractivity contribution in [3.05, 3.63) is 66.2 Å². The van der Waals surface area contributed by atoms with Crippen molar-refractivity contribution in [2.24, 2.45) is 11.8 Å². The number of hydrogen-bond donors (Lipinski definition) is 0. The number of benzene rings is 2. The molecule has 1 aliphatic rings. The van der Waals surface area contributed by atoms with E-state index in [4.69, 9.17) is 0 Å². The zero-order valence-corrected chi connectivity index (χ0v) is 13.6. The summed E-state index contributed by atoms with van der Waals surface area (Å²) in [6.07, 6.45) is 0. The zero-order valence-electron chi connectivity index (χ0n) is 12.8. The van der Waals surface area contributed by atoms with E-state index in [9.17, 15) is 4.79 Å². The molecule has 0 spiro atoms. The van der Waals surface area contributed by atoms with Crippen LogP contribution in [0.5, 0.6) is 0 Å². The van der Waals surface area contributed by atoms with E-state index in [0.717, 1.165) is 18.8 Å². The molecule has 2 nitrogen and oxygen atoms in total. The van der Waals surface area contributed by atoms with Gasteiger partial charge in [-0.25, -0.2) is 0 Å². The summed E-state index contributed by atoms with van der Waals surface area (Å²) in [7, 11) is 0. The van der Waals surface area contributed by atoms with Gasteiger partial charge in [-0.15, -0.1) is 11.8 Å². The second-order valence-electron chi connectivity index (χ2n) is 5.91. The molecule has 3 rings (SSSR count). The van der Waals surface area contributed by atoms with Crippen LogP contribution >= 0.6 is 11.8 Å². The number of hydrogen-bond acceptors (Lipinski definition) is 2. The summed E-state index contributed by atoms with van der Waals surface area (Å²) in [6.45, 7) is 3.80. The van der Waals surface area contributed by atoms with Gasteiger partial charge in [0.15, 0.2) is 0 Å². The molecule has 2 aromatic rings. The van der Waals surface area contributed by atoms with E-state index >= 15 is 0 Å². The van der Waals surface area contributed by atoms with E-state index in [1.807, 2.05) is 41.3 Å². The molecule has 1 heterocycles. The first-order valence-electron chi connectivity index (χ1n) is 7.74. The summed E-state index contributed by atoms with van der Waals surface area (Å²) < 4.78 is 0. The summed E-state index contributed by atoms with van der Waals surface area (Å²) in [5.74, 6) is 1.73. The number of carbonyl (C=O) groups excluding carboxylic acids is 1. The minimum absolute atomic E-state index is 0.133. The molecule has 0 N–H and O–H groups in total. The van der Waals surface area contributed by atoms with Gasteiger partial charge in [0.1, 0.15) is 0 Å². The number of nitrogens with zero attached hydrogens (tertiary/aromatic N) is 1. The van der Waals surface area contributed by atoms with Crippen LogP contribution in [0.25, 0.3) is 0 Å². The third-order valence-corrected chi connectivity index (χ3v) is 5.34. The van der Waals surface area contributed by atoms with Gasteiger partial charge in [-0.05, 0) is 23.6 Å². The van der Waals surface area contributed by atoms with Gasteiger partial charge in [0.2, 0.25) is 5.91 Å². The Morgan fingerprint density at radius 1 is 1.05 bits per heavy atom. The third kappa shape index (κ3) is 3.53. The van der Waals surface area contributed by atoms with E-state index in [1.54, 1.807) is 11.8 Å². The maximum atomic E-state index is 12.7. The minimum Gasteiger partial charge on any atom is -0.338 e. The smallest absolute Gasteiger partial charge is 0.227 e. The Hall–Kier alpha value is -1.74. The lowest BCUT2D eigenvalue weighted by Crippen LogP contribution is -2.27. The van der Waals surface area contributed by atoms with E-state index in [-0.39, 0.29) is 5.92 Å². The molecule has 2 atom stereocenters. The Bertz CT molecular complexity index is 614. The largest absolute Gasteiger partial charge is 0.338 e. The van der Waals surface area contributed by atoms with Crippen molar-refractivity contribution in [3.63, 3.8) is 0 Å². The van der Waals surface area contributed by atoms with Crippen LogP contribution in [0.2, 0.25) is 0 Å². The molecule has 1 amide bonds. The monoisotopic (exact) mass is 311 g/mol. The van der Waals surface area contributed by atoms with Gasteiger partial charge in [-0.2, -0.15) is 0 Å². The quantitative estimate of drug-likeness (QED) is 0.776.